The van der Waals surface area contributed by atoms with Gasteiger partial charge in [0.1, 0.15) is 18.3 Å². The van der Waals surface area contributed by atoms with Crippen molar-refractivity contribution in [1.29, 1.82) is 0 Å². The highest BCUT2D eigenvalue weighted by Gasteiger charge is 2.65. The van der Waals surface area contributed by atoms with Crippen LogP contribution in [0.3, 0.4) is 0 Å². The molecule has 0 aromatic carbocycles. The predicted octanol–water partition coefficient (Wildman–Crippen LogP) is 1.86. The van der Waals surface area contributed by atoms with Crippen molar-refractivity contribution in [2.45, 2.75) is 83.5 Å². The fraction of sp³-hybridized carbons (Fsp3) is 0.783. The molecule has 8 atom stereocenters. The van der Waals surface area contributed by atoms with E-state index in [-0.39, 0.29) is 35.6 Å². The number of rotatable bonds is 3. The largest absolute Gasteiger partial charge is 0.462 e. The quantitative estimate of drug-likeness (QED) is 0.377. The maximum absolute atomic E-state index is 12.9. The second kappa shape index (κ2) is 7.30. The zero-order valence-electron chi connectivity index (χ0n) is 19.3. The maximum Gasteiger partial charge on any atom is 0.336 e. The molecule has 0 saturated carbocycles. The van der Waals surface area contributed by atoms with E-state index in [9.17, 15) is 14.4 Å². The zero-order valence-corrected chi connectivity index (χ0v) is 19.3. The van der Waals surface area contributed by atoms with Crippen LogP contribution in [0.2, 0.25) is 0 Å². The molecule has 172 valence electrons. The van der Waals surface area contributed by atoms with Gasteiger partial charge in [-0.1, -0.05) is 27.7 Å². The minimum Gasteiger partial charge on any atom is -0.462 e. The van der Waals surface area contributed by atoms with E-state index >= 15 is 0 Å². The molecule has 1 aliphatic carbocycles. The van der Waals surface area contributed by atoms with Crippen molar-refractivity contribution in [2.24, 2.45) is 17.3 Å². The van der Waals surface area contributed by atoms with Crippen molar-refractivity contribution >= 4 is 17.9 Å². The highest BCUT2D eigenvalue weighted by molar-refractivity contribution is 5.93. The average molecular weight is 436 g/mol. The van der Waals surface area contributed by atoms with Crippen LogP contribution in [0.4, 0.5) is 0 Å². The molecule has 0 N–H and O–H groups in total. The lowest BCUT2D eigenvalue weighted by atomic mass is 9.79. The highest BCUT2D eigenvalue weighted by atomic mass is 16.6. The molecular weight excluding hydrogens is 402 g/mol. The number of fused-ring (bicyclic) bond motifs is 4. The Bertz CT molecular complexity index is 828. The van der Waals surface area contributed by atoms with E-state index in [2.05, 4.69) is 0 Å². The van der Waals surface area contributed by atoms with Crippen LogP contribution in [0, 0.1) is 17.3 Å². The lowest BCUT2D eigenvalue weighted by molar-refractivity contribution is -0.156. The molecule has 2 fully saturated rings. The summed E-state index contributed by atoms with van der Waals surface area (Å²) in [6.07, 6.45) is 0.429. The Kier molecular flexibility index (Phi) is 5.25. The molecule has 31 heavy (non-hydrogen) atoms. The van der Waals surface area contributed by atoms with Crippen LogP contribution in [0.5, 0.6) is 0 Å². The first-order chi connectivity index (χ1) is 14.3. The van der Waals surface area contributed by atoms with E-state index in [4.69, 9.17) is 18.9 Å². The van der Waals surface area contributed by atoms with Gasteiger partial charge in [-0.3, -0.25) is 14.5 Å². The third kappa shape index (κ3) is 4.00. The number of carbonyl (C=O) groups excluding carboxylic acids is 3. The van der Waals surface area contributed by atoms with Gasteiger partial charge in [-0.25, -0.2) is 4.79 Å². The zero-order chi connectivity index (χ0) is 22.9. The number of ether oxygens (including phenoxy) is 4. The number of esters is 3. The van der Waals surface area contributed by atoms with Gasteiger partial charge in [-0.15, -0.1) is 0 Å². The van der Waals surface area contributed by atoms with E-state index in [0.717, 1.165) is 0 Å². The van der Waals surface area contributed by atoms with Crippen LogP contribution in [0.15, 0.2) is 11.6 Å². The number of epoxide rings is 1. The Balaban J connectivity index is 1.73. The number of hydrogen-bond donors (Lipinski definition) is 0. The summed E-state index contributed by atoms with van der Waals surface area (Å²) < 4.78 is 23.5. The molecule has 0 spiro atoms. The van der Waals surface area contributed by atoms with Crippen molar-refractivity contribution in [3.8, 4) is 0 Å². The summed E-state index contributed by atoms with van der Waals surface area (Å²) in [7, 11) is 3.69. The Hall–Kier alpha value is -1.93. The smallest absolute Gasteiger partial charge is 0.336 e. The molecule has 2 bridgehead atoms. The van der Waals surface area contributed by atoms with Crippen LogP contribution in [-0.4, -0.2) is 73.0 Å². The summed E-state index contributed by atoms with van der Waals surface area (Å²) in [5, 5.41) is 0. The molecule has 1 unspecified atom stereocenters. The van der Waals surface area contributed by atoms with Gasteiger partial charge in [0.25, 0.3) is 0 Å². The molecule has 0 aromatic heterocycles. The van der Waals surface area contributed by atoms with Crippen molar-refractivity contribution in [3.05, 3.63) is 11.6 Å². The summed E-state index contributed by atoms with van der Waals surface area (Å²) >= 11 is 0. The van der Waals surface area contributed by atoms with E-state index in [1.807, 2.05) is 53.6 Å². The molecule has 8 heteroatoms. The third-order valence-electron chi connectivity index (χ3n) is 6.82. The predicted molar refractivity (Wildman–Crippen MR) is 110 cm³/mol. The Labute approximate surface area is 183 Å². The van der Waals surface area contributed by atoms with Crippen LogP contribution in [-0.2, 0) is 33.3 Å². The SMILES string of the molecule is CC1C(=O)O[C@H]2C[C@]3(C)O[C@H]3[C@@H](OC(=O)CC(C)(C)C)[C@@H](N(C)C)C3=C[C@@H](OC3=O)[C@H]12. The Morgan fingerprint density at radius 1 is 1.26 bits per heavy atom. The number of nitrogens with zero attached hydrogens (tertiary/aromatic N) is 1. The standard InChI is InChI=1S/C23H33NO7/c1-11-16-13-8-12(21(27)28-13)17(24(6)7)18(30-15(25)10-22(2,3)4)19-23(5,31-19)9-14(16)29-20(11)26/h8,11,13-14,16-19H,9-10H2,1-7H3/t11?,13-,14+,16+,17+,18+,19+,23+/m1/s1. The summed E-state index contributed by atoms with van der Waals surface area (Å²) in [4.78, 5) is 39.9. The minimum atomic E-state index is -0.682. The molecule has 4 rings (SSSR count). The summed E-state index contributed by atoms with van der Waals surface area (Å²) in [5.74, 6) is -1.71. The normalized spacial score (nSPS) is 41.7. The molecule has 0 aromatic rings. The van der Waals surface area contributed by atoms with E-state index in [0.29, 0.717) is 12.0 Å². The first-order valence-corrected chi connectivity index (χ1v) is 11.0. The summed E-state index contributed by atoms with van der Waals surface area (Å²) in [5.41, 5.74) is -0.408. The van der Waals surface area contributed by atoms with Gasteiger partial charge in [-0.2, -0.15) is 0 Å². The highest BCUT2D eigenvalue weighted by Crippen LogP contribution is 2.51. The van der Waals surface area contributed by atoms with Gasteiger partial charge in [0.2, 0.25) is 0 Å². The summed E-state index contributed by atoms with van der Waals surface area (Å²) in [6, 6.07) is -0.516. The number of likely N-dealkylation sites (N-methyl/N-ethyl adjacent to an activating group) is 1. The molecular formula is C23H33NO7. The second-order valence-corrected chi connectivity index (χ2v) is 11.0. The molecule has 2 saturated heterocycles. The number of hydrogen-bond acceptors (Lipinski definition) is 8. The molecule has 4 aliphatic rings. The topological polar surface area (TPSA) is 94.7 Å². The third-order valence-corrected chi connectivity index (χ3v) is 6.82. The van der Waals surface area contributed by atoms with Gasteiger partial charge in [0.15, 0.2) is 6.10 Å². The van der Waals surface area contributed by atoms with E-state index in [1.54, 1.807) is 6.08 Å². The van der Waals surface area contributed by atoms with Gasteiger partial charge < -0.3 is 18.9 Å². The Morgan fingerprint density at radius 3 is 2.55 bits per heavy atom. The molecule has 8 nitrogen and oxygen atoms in total. The van der Waals surface area contributed by atoms with Crippen LogP contribution in [0.1, 0.15) is 47.5 Å². The average Bonchev–Trinajstić information content (AvgIpc) is 3.00. The van der Waals surface area contributed by atoms with Crippen LogP contribution < -0.4 is 0 Å². The Morgan fingerprint density at radius 2 is 1.94 bits per heavy atom. The van der Waals surface area contributed by atoms with Crippen molar-refractivity contribution in [2.75, 3.05) is 14.1 Å². The van der Waals surface area contributed by atoms with Crippen molar-refractivity contribution in [1.82, 2.24) is 4.90 Å². The molecule has 3 aliphatic heterocycles. The first kappa shape index (κ1) is 22.3. The molecule has 0 amide bonds. The second-order valence-electron chi connectivity index (χ2n) is 11.0. The monoisotopic (exact) mass is 435 g/mol. The van der Waals surface area contributed by atoms with Gasteiger partial charge in [0, 0.05) is 12.3 Å². The van der Waals surface area contributed by atoms with Gasteiger partial charge in [0.05, 0.1) is 29.6 Å². The van der Waals surface area contributed by atoms with Crippen LogP contribution >= 0.6 is 0 Å². The number of carbonyl (C=O) groups is 3. The lowest BCUT2D eigenvalue weighted by Crippen LogP contribution is -2.49. The fourth-order valence-corrected chi connectivity index (χ4v) is 5.27. The first-order valence-electron chi connectivity index (χ1n) is 11.0. The summed E-state index contributed by atoms with van der Waals surface area (Å²) in [6.45, 7) is 9.68. The van der Waals surface area contributed by atoms with Crippen LogP contribution in [0.25, 0.3) is 0 Å². The lowest BCUT2D eigenvalue weighted by Gasteiger charge is -2.33. The van der Waals surface area contributed by atoms with E-state index in [1.165, 1.54) is 0 Å². The molecule has 3 heterocycles. The minimum absolute atomic E-state index is 0.230. The van der Waals surface area contributed by atoms with Crippen molar-refractivity contribution < 1.29 is 33.3 Å². The van der Waals surface area contributed by atoms with Gasteiger partial charge >= 0.3 is 17.9 Å². The fourth-order valence-electron chi connectivity index (χ4n) is 5.27. The molecule has 0 radical (unpaired) electrons. The van der Waals surface area contributed by atoms with Gasteiger partial charge in [-0.05, 0) is 32.5 Å². The van der Waals surface area contributed by atoms with Crippen molar-refractivity contribution in [3.63, 3.8) is 0 Å². The van der Waals surface area contributed by atoms with E-state index < -0.39 is 42.0 Å². The maximum atomic E-state index is 12.9.